The fraction of sp³-hybridized carbons (Fsp3) is 0.538. The van der Waals surface area contributed by atoms with E-state index in [1.807, 2.05) is 6.07 Å². The van der Waals surface area contributed by atoms with Gasteiger partial charge in [-0.05, 0) is 54.3 Å². The molecule has 0 spiro atoms. The van der Waals surface area contributed by atoms with Gasteiger partial charge in [0.05, 0.1) is 10.6 Å². The van der Waals surface area contributed by atoms with Crippen LogP contribution in [0.2, 0.25) is 0 Å². The van der Waals surface area contributed by atoms with E-state index in [0.717, 1.165) is 34.9 Å². The molecular weight excluding hydrogens is 357 g/mol. The smallest absolute Gasteiger partial charge is 0.270 e. The minimum absolute atomic E-state index is 0.146. The number of hydrogen-bond donors (Lipinski definition) is 1. The van der Waals surface area contributed by atoms with Crippen LogP contribution in [0.1, 0.15) is 25.7 Å². The van der Waals surface area contributed by atoms with Crippen molar-refractivity contribution < 1.29 is 4.92 Å². The first-order chi connectivity index (χ1) is 8.99. The van der Waals surface area contributed by atoms with Crippen LogP contribution in [-0.2, 0) is 0 Å². The molecule has 1 aliphatic rings. The molecule has 0 heterocycles. The van der Waals surface area contributed by atoms with Crippen LogP contribution in [0.25, 0.3) is 0 Å². The number of rotatable bonds is 3. The third-order valence-corrected chi connectivity index (χ3v) is 4.68. The highest BCUT2D eigenvalue weighted by Gasteiger charge is 2.23. The van der Waals surface area contributed by atoms with Crippen LogP contribution in [0.4, 0.5) is 11.4 Å². The summed E-state index contributed by atoms with van der Waals surface area (Å²) in [5.41, 5.74) is 7.13. The zero-order chi connectivity index (χ0) is 14.0. The van der Waals surface area contributed by atoms with E-state index >= 15 is 0 Å². The Hall–Kier alpha value is -0.890. The second kappa shape index (κ2) is 6.04. The number of nitrogens with two attached hydrogens (primary N) is 1. The molecule has 0 amide bonds. The Morgan fingerprint density at radius 3 is 2.53 bits per heavy atom. The predicted octanol–water partition coefficient (Wildman–Crippen LogP) is 2.91. The van der Waals surface area contributed by atoms with Crippen LogP contribution in [0, 0.1) is 13.7 Å². The summed E-state index contributed by atoms with van der Waals surface area (Å²) in [6.07, 6.45) is 4.28. The highest BCUT2D eigenvalue weighted by atomic mass is 127. The number of non-ortho nitro benzene ring substituents is 1. The molecule has 19 heavy (non-hydrogen) atoms. The Kier molecular flexibility index (Phi) is 4.62. The van der Waals surface area contributed by atoms with Gasteiger partial charge in [-0.25, -0.2) is 0 Å². The van der Waals surface area contributed by atoms with E-state index in [-0.39, 0.29) is 10.6 Å². The number of nitro benzene ring substituents is 1. The number of hydrogen-bond acceptors (Lipinski definition) is 4. The summed E-state index contributed by atoms with van der Waals surface area (Å²) in [7, 11) is 2.06. The van der Waals surface area contributed by atoms with Crippen LogP contribution in [0.3, 0.4) is 0 Å². The van der Waals surface area contributed by atoms with Gasteiger partial charge >= 0.3 is 0 Å². The van der Waals surface area contributed by atoms with Crippen molar-refractivity contribution in [3.63, 3.8) is 0 Å². The van der Waals surface area contributed by atoms with Crippen molar-refractivity contribution in [3.05, 3.63) is 31.9 Å². The lowest BCUT2D eigenvalue weighted by molar-refractivity contribution is -0.384. The molecule has 2 rings (SSSR count). The van der Waals surface area contributed by atoms with Crippen molar-refractivity contribution in [2.75, 3.05) is 11.9 Å². The van der Waals surface area contributed by atoms with Crippen molar-refractivity contribution in [2.24, 2.45) is 5.73 Å². The van der Waals surface area contributed by atoms with Gasteiger partial charge in [0.1, 0.15) is 0 Å². The summed E-state index contributed by atoms with van der Waals surface area (Å²) in [6, 6.07) is 5.85. The van der Waals surface area contributed by atoms with Crippen LogP contribution < -0.4 is 10.6 Å². The summed E-state index contributed by atoms with van der Waals surface area (Å²) in [5.74, 6) is 0. The van der Waals surface area contributed by atoms with E-state index < -0.39 is 0 Å². The van der Waals surface area contributed by atoms with Gasteiger partial charge in [0.15, 0.2) is 0 Å². The maximum atomic E-state index is 10.7. The first kappa shape index (κ1) is 14.5. The highest BCUT2D eigenvalue weighted by Crippen LogP contribution is 2.31. The van der Waals surface area contributed by atoms with E-state index in [1.54, 1.807) is 12.1 Å². The quantitative estimate of drug-likeness (QED) is 0.501. The van der Waals surface area contributed by atoms with Gasteiger partial charge in [-0.1, -0.05) is 0 Å². The third kappa shape index (κ3) is 3.36. The fourth-order valence-corrected chi connectivity index (χ4v) is 3.46. The van der Waals surface area contributed by atoms with Crippen LogP contribution >= 0.6 is 22.6 Å². The molecule has 0 bridgehead atoms. The zero-order valence-corrected chi connectivity index (χ0v) is 13.0. The number of benzene rings is 1. The Morgan fingerprint density at radius 1 is 1.37 bits per heavy atom. The van der Waals surface area contributed by atoms with E-state index in [1.165, 1.54) is 0 Å². The van der Waals surface area contributed by atoms with Gasteiger partial charge in [-0.2, -0.15) is 0 Å². The molecule has 1 aromatic carbocycles. The van der Waals surface area contributed by atoms with Crippen molar-refractivity contribution in [1.82, 2.24) is 0 Å². The number of nitro groups is 1. The van der Waals surface area contributed by atoms with E-state index in [2.05, 4.69) is 34.5 Å². The Morgan fingerprint density at radius 2 is 2.00 bits per heavy atom. The molecule has 0 radical (unpaired) electrons. The van der Waals surface area contributed by atoms with Gasteiger partial charge in [0.2, 0.25) is 0 Å². The highest BCUT2D eigenvalue weighted by molar-refractivity contribution is 14.1. The average Bonchev–Trinajstić information content (AvgIpc) is 2.38. The summed E-state index contributed by atoms with van der Waals surface area (Å²) < 4.78 is 0.921. The van der Waals surface area contributed by atoms with Crippen LogP contribution in [0.15, 0.2) is 18.2 Å². The van der Waals surface area contributed by atoms with Crippen LogP contribution in [-0.4, -0.2) is 24.1 Å². The number of anilines is 1. The van der Waals surface area contributed by atoms with Gasteiger partial charge < -0.3 is 10.6 Å². The maximum Gasteiger partial charge on any atom is 0.270 e. The first-order valence-electron chi connectivity index (χ1n) is 6.41. The molecule has 0 unspecified atom stereocenters. The molecule has 2 N–H and O–H groups in total. The Labute approximate surface area is 126 Å². The molecule has 0 atom stereocenters. The zero-order valence-electron chi connectivity index (χ0n) is 10.9. The molecule has 6 heteroatoms. The minimum Gasteiger partial charge on any atom is -0.371 e. The van der Waals surface area contributed by atoms with Crippen LogP contribution in [0.5, 0.6) is 0 Å². The maximum absolute atomic E-state index is 10.7. The third-order valence-electron chi connectivity index (χ3n) is 3.81. The molecule has 0 aromatic heterocycles. The topological polar surface area (TPSA) is 72.4 Å². The van der Waals surface area contributed by atoms with Gasteiger partial charge in [-0.3, -0.25) is 10.1 Å². The van der Waals surface area contributed by atoms with Crippen molar-refractivity contribution >= 4 is 34.0 Å². The van der Waals surface area contributed by atoms with Gasteiger partial charge in [0, 0.05) is 34.8 Å². The summed E-state index contributed by atoms with van der Waals surface area (Å²) in [5, 5.41) is 10.7. The molecule has 1 saturated carbocycles. The molecule has 1 aliphatic carbocycles. The molecular formula is C13H18IN3O2. The molecule has 0 aliphatic heterocycles. The second-order valence-corrected chi connectivity index (χ2v) is 6.23. The Bertz CT molecular complexity index is 473. The second-order valence-electron chi connectivity index (χ2n) is 5.07. The minimum atomic E-state index is -0.356. The molecule has 1 aromatic rings. The Balaban J connectivity index is 2.15. The molecule has 0 saturated heterocycles. The summed E-state index contributed by atoms with van der Waals surface area (Å²) in [4.78, 5) is 12.6. The monoisotopic (exact) mass is 375 g/mol. The number of halogens is 1. The lowest BCUT2D eigenvalue weighted by Crippen LogP contribution is -2.39. The van der Waals surface area contributed by atoms with E-state index in [0.29, 0.717) is 12.1 Å². The number of nitrogens with zero attached hydrogens (tertiary/aromatic N) is 2. The fourth-order valence-electron chi connectivity index (χ4n) is 2.58. The molecule has 5 nitrogen and oxygen atoms in total. The summed E-state index contributed by atoms with van der Waals surface area (Å²) >= 11 is 2.16. The van der Waals surface area contributed by atoms with Crippen molar-refractivity contribution in [3.8, 4) is 0 Å². The van der Waals surface area contributed by atoms with Gasteiger partial charge in [0.25, 0.3) is 5.69 Å². The molecule has 104 valence electrons. The normalized spacial score (nSPS) is 23.1. The lowest BCUT2D eigenvalue weighted by Gasteiger charge is -2.35. The first-order valence-corrected chi connectivity index (χ1v) is 7.49. The molecule has 1 fully saturated rings. The van der Waals surface area contributed by atoms with Crippen molar-refractivity contribution in [2.45, 2.75) is 37.8 Å². The SMILES string of the molecule is CN(c1ccc([N+](=O)[O-])cc1I)C1CCC(N)CC1. The average molecular weight is 375 g/mol. The lowest BCUT2D eigenvalue weighted by atomic mass is 9.91. The van der Waals surface area contributed by atoms with E-state index in [4.69, 9.17) is 5.73 Å². The standard InChI is InChI=1S/C13H18IN3O2/c1-16(10-4-2-9(15)3-5-10)13-7-6-11(17(18)19)8-12(13)14/h6-10H,2-5,15H2,1H3. The van der Waals surface area contributed by atoms with E-state index in [9.17, 15) is 10.1 Å². The predicted molar refractivity (Wildman–Crippen MR) is 84.4 cm³/mol. The largest absolute Gasteiger partial charge is 0.371 e. The van der Waals surface area contributed by atoms with Gasteiger partial charge in [-0.15, -0.1) is 0 Å². The summed E-state index contributed by atoms with van der Waals surface area (Å²) in [6.45, 7) is 0. The van der Waals surface area contributed by atoms with Crippen molar-refractivity contribution in [1.29, 1.82) is 0 Å².